The van der Waals surface area contributed by atoms with E-state index < -0.39 is 27.6 Å². The Morgan fingerprint density at radius 1 is 1.54 bits per heavy atom. The molecule has 0 aromatic heterocycles. The SMILES string of the molecule is Cl.NCC(C(=O)O)S(=O)(=O)CCCl. The fourth-order valence-electron chi connectivity index (χ4n) is 0.651. The summed E-state index contributed by atoms with van der Waals surface area (Å²) >= 11 is 5.18. The molecular weight excluding hydrogens is 241 g/mol. The highest BCUT2D eigenvalue weighted by atomic mass is 35.5. The van der Waals surface area contributed by atoms with E-state index in [0.29, 0.717) is 0 Å². The molecule has 0 fully saturated rings. The summed E-state index contributed by atoms with van der Waals surface area (Å²) in [6.45, 7) is -0.422. The summed E-state index contributed by atoms with van der Waals surface area (Å²) in [5, 5.41) is 6.90. The normalized spacial score (nSPS) is 13.1. The summed E-state index contributed by atoms with van der Waals surface area (Å²) in [4.78, 5) is 10.3. The van der Waals surface area contributed by atoms with Crippen LogP contribution in [0.4, 0.5) is 0 Å². The van der Waals surface area contributed by atoms with E-state index >= 15 is 0 Å². The Morgan fingerprint density at radius 3 is 2.23 bits per heavy atom. The fraction of sp³-hybridized carbons (Fsp3) is 0.800. The highest BCUT2D eigenvalue weighted by Crippen LogP contribution is 2.02. The average molecular weight is 252 g/mol. The van der Waals surface area contributed by atoms with Gasteiger partial charge in [0.05, 0.1) is 5.75 Å². The van der Waals surface area contributed by atoms with Crippen molar-refractivity contribution in [1.29, 1.82) is 0 Å². The lowest BCUT2D eigenvalue weighted by Gasteiger charge is -2.08. The fourth-order valence-corrected chi connectivity index (χ4v) is 2.40. The van der Waals surface area contributed by atoms with Gasteiger partial charge in [0.2, 0.25) is 0 Å². The first-order valence-electron chi connectivity index (χ1n) is 3.16. The topological polar surface area (TPSA) is 97.5 Å². The smallest absolute Gasteiger partial charge is 0.323 e. The molecule has 1 atom stereocenters. The van der Waals surface area contributed by atoms with Gasteiger partial charge in [0.25, 0.3) is 0 Å². The van der Waals surface area contributed by atoms with Crippen LogP contribution in [0.5, 0.6) is 0 Å². The first-order chi connectivity index (χ1) is 5.45. The van der Waals surface area contributed by atoms with Crippen molar-refractivity contribution in [3.8, 4) is 0 Å². The van der Waals surface area contributed by atoms with Gasteiger partial charge >= 0.3 is 5.97 Å². The van der Waals surface area contributed by atoms with Crippen LogP contribution in [0, 0.1) is 0 Å². The largest absolute Gasteiger partial charge is 0.480 e. The first kappa shape index (κ1) is 15.4. The first-order valence-corrected chi connectivity index (χ1v) is 5.41. The van der Waals surface area contributed by atoms with Crippen LogP contribution in [-0.4, -0.2) is 42.9 Å². The molecule has 0 aliphatic rings. The Labute approximate surface area is 87.6 Å². The molecule has 0 aromatic rings. The average Bonchev–Trinajstić information content (AvgIpc) is 1.86. The van der Waals surface area contributed by atoms with Gasteiger partial charge in [-0.05, 0) is 0 Å². The van der Waals surface area contributed by atoms with Gasteiger partial charge in [0.1, 0.15) is 0 Å². The number of sulfone groups is 1. The molecule has 0 aliphatic heterocycles. The maximum Gasteiger partial charge on any atom is 0.323 e. The summed E-state index contributed by atoms with van der Waals surface area (Å²) in [6.07, 6.45) is 0. The molecule has 0 saturated carbocycles. The Morgan fingerprint density at radius 2 is 2.00 bits per heavy atom. The summed E-state index contributed by atoms with van der Waals surface area (Å²) in [7, 11) is -3.68. The minimum absolute atomic E-state index is 0. The molecule has 1 unspecified atom stereocenters. The molecule has 0 radical (unpaired) electrons. The molecule has 0 heterocycles. The monoisotopic (exact) mass is 251 g/mol. The van der Waals surface area contributed by atoms with E-state index in [1.165, 1.54) is 0 Å². The van der Waals surface area contributed by atoms with Crippen LogP contribution in [-0.2, 0) is 14.6 Å². The van der Waals surface area contributed by atoms with Crippen LogP contribution in [0.2, 0.25) is 0 Å². The van der Waals surface area contributed by atoms with Gasteiger partial charge in [-0.2, -0.15) is 0 Å². The summed E-state index contributed by atoms with van der Waals surface area (Å²) in [6, 6.07) is 0. The molecule has 0 saturated heterocycles. The molecule has 3 N–H and O–H groups in total. The molecule has 8 heteroatoms. The molecule has 5 nitrogen and oxygen atoms in total. The van der Waals surface area contributed by atoms with Crippen LogP contribution in [0.25, 0.3) is 0 Å². The van der Waals surface area contributed by atoms with E-state index in [1.54, 1.807) is 0 Å². The van der Waals surface area contributed by atoms with Crippen molar-refractivity contribution in [3.05, 3.63) is 0 Å². The van der Waals surface area contributed by atoms with Gasteiger partial charge in [0.15, 0.2) is 15.1 Å². The molecule has 13 heavy (non-hydrogen) atoms. The lowest BCUT2D eigenvalue weighted by molar-refractivity contribution is -0.136. The second kappa shape index (κ2) is 6.42. The van der Waals surface area contributed by atoms with Gasteiger partial charge in [0, 0.05) is 12.4 Å². The number of hydrogen-bond donors (Lipinski definition) is 2. The van der Waals surface area contributed by atoms with Crippen molar-refractivity contribution in [1.82, 2.24) is 0 Å². The highest BCUT2D eigenvalue weighted by molar-refractivity contribution is 7.92. The molecule has 0 rings (SSSR count). The summed E-state index contributed by atoms with van der Waals surface area (Å²) < 4.78 is 22.1. The van der Waals surface area contributed by atoms with E-state index in [4.69, 9.17) is 22.4 Å². The summed E-state index contributed by atoms with van der Waals surface area (Å²) in [5.74, 6) is -1.91. The molecule has 0 spiro atoms. The van der Waals surface area contributed by atoms with Crippen LogP contribution >= 0.6 is 24.0 Å². The molecule has 0 aromatic carbocycles. The number of carboxylic acid groups (broad SMARTS) is 1. The van der Waals surface area contributed by atoms with Crippen LogP contribution < -0.4 is 5.73 Å². The van der Waals surface area contributed by atoms with Crippen LogP contribution in [0.15, 0.2) is 0 Å². The zero-order valence-electron chi connectivity index (χ0n) is 6.64. The molecule has 80 valence electrons. The van der Waals surface area contributed by atoms with Gasteiger partial charge < -0.3 is 10.8 Å². The van der Waals surface area contributed by atoms with Crippen molar-refractivity contribution in [2.45, 2.75) is 5.25 Å². The van der Waals surface area contributed by atoms with Gasteiger partial charge in [-0.3, -0.25) is 4.79 Å². The third-order valence-electron chi connectivity index (χ3n) is 1.28. The van der Waals surface area contributed by atoms with E-state index in [0.717, 1.165) is 0 Å². The zero-order valence-corrected chi connectivity index (χ0v) is 9.03. The third kappa shape index (κ3) is 4.66. The molecule has 0 amide bonds. The summed E-state index contributed by atoms with van der Waals surface area (Å²) in [5.41, 5.74) is 4.99. The number of nitrogens with two attached hydrogens (primary N) is 1. The minimum Gasteiger partial charge on any atom is -0.480 e. The van der Waals surface area contributed by atoms with Gasteiger partial charge in [-0.1, -0.05) is 0 Å². The number of carbonyl (C=O) groups is 1. The van der Waals surface area contributed by atoms with E-state index in [2.05, 4.69) is 0 Å². The molecule has 0 aliphatic carbocycles. The number of carboxylic acids is 1. The lowest BCUT2D eigenvalue weighted by atomic mass is 10.4. The predicted molar refractivity (Wildman–Crippen MR) is 52.2 cm³/mol. The Kier molecular flexibility index (Phi) is 7.62. The van der Waals surface area contributed by atoms with E-state index in [1.807, 2.05) is 0 Å². The standard InChI is InChI=1S/C5H10ClNO4S.ClH/c6-1-2-12(10,11)4(3-7)5(8)9;/h4H,1-3,7H2,(H,8,9);1H. The number of rotatable bonds is 5. The lowest BCUT2D eigenvalue weighted by Crippen LogP contribution is -2.38. The Bertz CT molecular complexity index is 253. The number of aliphatic carboxylic acids is 1. The number of hydrogen-bond acceptors (Lipinski definition) is 4. The van der Waals surface area contributed by atoms with E-state index in [9.17, 15) is 13.2 Å². The minimum atomic E-state index is -3.68. The second-order valence-electron chi connectivity index (χ2n) is 2.12. The number of halogens is 2. The Balaban J connectivity index is 0. The number of alkyl halides is 1. The van der Waals surface area contributed by atoms with Crippen molar-refractivity contribution in [2.24, 2.45) is 5.73 Å². The highest BCUT2D eigenvalue weighted by Gasteiger charge is 2.30. The molecule has 0 bridgehead atoms. The third-order valence-corrected chi connectivity index (χ3v) is 3.73. The maximum atomic E-state index is 11.1. The van der Waals surface area contributed by atoms with Crippen molar-refractivity contribution < 1.29 is 18.3 Å². The second-order valence-corrected chi connectivity index (χ2v) is 4.80. The maximum absolute atomic E-state index is 11.1. The van der Waals surface area contributed by atoms with Gasteiger partial charge in [-0.25, -0.2) is 8.42 Å². The Hall–Kier alpha value is -0.0400. The van der Waals surface area contributed by atoms with Crippen LogP contribution in [0.3, 0.4) is 0 Å². The van der Waals surface area contributed by atoms with E-state index in [-0.39, 0.29) is 24.0 Å². The quantitative estimate of drug-likeness (QED) is 0.641. The van der Waals surface area contributed by atoms with Gasteiger partial charge in [-0.15, -0.1) is 24.0 Å². The zero-order chi connectivity index (χ0) is 9.78. The molecular formula is C5H11Cl2NO4S. The predicted octanol–water partition coefficient (Wildman–Crippen LogP) is -0.526. The van der Waals surface area contributed by atoms with Crippen molar-refractivity contribution in [2.75, 3.05) is 18.2 Å². The van der Waals surface area contributed by atoms with Crippen molar-refractivity contribution in [3.63, 3.8) is 0 Å². The van der Waals surface area contributed by atoms with Crippen LogP contribution in [0.1, 0.15) is 0 Å². The van der Waals surface area contributed by atoms with Crippen molar-refractivity contribution >= 4 is 39.8 Å².